The molecule has 1 fully saturated rings. The van der Waals surface area contributed by atoms with Gasteiger partial charge in [-0.05, 0) is 67.5 Å². The molecule has 1 atom stereocenters. The number of hydrogen-bond acceptors (Lipinski definition) is 3. The van der Waals surface area contributed by atoms with Crippen LogP contribution < -0.4 is 0 Å². The normalized spacial score (nSPS) is 18.2. The summed E-state index contributed by atoms with van der Waals surface area (Å²) < 4.78 is 13.0. The number of benzene rings is 1. The number of H-pyrrole nitrogens is 1. The number of aromatic amines is 1. The summed E-state index contributed by atoms with van der Waals surface area (Å²) >= 11 is 1.78. The molecule has 0 spiro atoms. The molecule has 25 heavy (non-hydrogen) atoms. The van der Waals surface area contributed by atoms with Crippen LogP contribution >= 0.6 is 11.8 Å². The third-order valence-electron chi connectivity index (χ3n) is 5.10. The first kappa shape index (κ1) is 16.6. The minimum absolute atomic E-state index is 0.412. The number of nitrogens with zero attached hydrogens (tertiary/aromatic N) is 2. The molecule has 5 heteroatoms. The monoisotopic (exact) mass is 355 g/mol. The van der Waals surface area contributed by atoms with E-state index in [-0.39, 0.29) is 0 Å². The zero-order chi connectivity index (χ0) is 17.2. The lowest BCUT2D eigenvalue weighted by Gasteiger charge is -2.24. The number of halogens is 1. The smallest absolute Gasteiger partial charge is 0.212 e. The van der Waals surface area contributed by atoms with Crippen molar-refractivity contribution in [1.82, 2.24) is 14.9 Å². The van der Waals surface area contributed by atoms with E-state index in [2.05, 4.69) is 45.5 Å². The minimum atomic E-state index is -0.412. The van der Waals surface area contributed by atoms with Gasteiger partial charge >= 0.3 is 0 Å². The number of nitrogens with one attached hydrogen (secondary N) is 1. The summed E-state index contributed by atoms with van der Waals surface area (Å²) in [6.07, 6.45) is 9.41. The Hall–Kier alpha value is -1.85. The van der Waals surface area contributed by atoms with E-state index >= 15 is 0 Å². The molecular formula is C20H22FN3S. The summed E-state index contributed by atoms with van der Waals surface area (Å²) in [5.41, 5.74) is 3.68. The van der Waals surface area contributed by atoms with Crippen molar-refractivity contribution in [2.24, 2.45) is 0 Å². The number of pyridine rings is 1. The van der Waals surface area contributed by atoms with Crippen molar-refractivity contribution in [3.63, 3.8) is 0 Å². The van der Waals surface area contributed by atoms with Crippen LogP contribution in [0.25, 0.3) is 10.9 Å². The first-order valence-electron chi connectivity index (χ1n) is 8.71. The third-order valence-corrected chi connectivity index (χ3v) is 5.83. The molecule has 0 saturated carbocycles. The predicted molar refractivity (Wildman–Crippen MR) is 101 cm³/mol. The first-order chi connectivity index (χ1) is 12.2. The fraction of sp³-hybridized carbons (Fsp3) is 0.350. The van der Waals surface area contributed by atoms with E-state index in [1.165, 1.54) is 40.3 Å². The molecule has 130 valence electrons. The van der Waals surface area contributed by atoms with Crippen LogP contribution in [0.3, 0.4) is 0 Å². The largest absolute Gasteiger partial charge is 0.361 e. The Morgan fingerprint density at radius 1 is 1.32 bits per heavy atom. The van der Waals surface area contributed by atoms with Gasteiger partial charge in [0, 0.05) is 40.8 Å². The highest BCUT2D eigenvalue weighted by Gasteiger charge is 2.25. The first-order valence-corrected chi connectivity index (χ1v) is 9.94. The van der Waals surface area contributed by atoms with E-state index in [0.717, 1.165) is 25.1 Å². The zero-order valence-corrected chi connectivity index (χ0v) is 15.2. The summed E-state index contributed by atoms with van der Waals surface area (Å²) in [5.74, 6) is -0.412. The van der Waals surface area contributed by atoms with Crippen molar-refractivity contribution in [3.05, 3.63) is 59.8 Å². The van der Waals surface area contributed by atoms with Crippen molar-refractivity contribution in [2.45, 2.75) is 36.7 Å². The summed E-state index contributed by atoms with van der Waals surface area (Å²) in [4.78, 5) is 11.0. The summed E-state index contributed by atoms with van der Waals surface area (Å²) in [5, 5.41) is 1.34. The highest BCUT2D eigenvalue weighted by Crippen LogP contribution is 2.29. The number of thioether (sulfide) groups is 1. The van der Waals surface area contributed by atoms with Crippen molar-refractivity contribution >= 4 is 22.7 Å². The fourth-order valence-electron chi connectivity index (χ4n) is 3.78. The Morgan fingerprint density at radius 2 is 2.24 bits per heavy atom. The fourth-order valence-corrected chi connectivity index (χ4v) is 4.22. The van der Waals surface area contributed by atoms with E-state index in [1.807, 2.05) is 6.07 Å². The van der Waals surface area contributed by atoms with E-state index in [9.17, 15) is 4.39 Å². The quantitative estimate of drug-likeness (QED) is 0.535. The molecule has 1 N–H and O–H groups in total. The van der Waals surface area contributed by atoms with E-state index in [4.69, 9.17) is 0 Å². The van der Waals surface area contributed by atoms with Crippen LogP contribution in [0.15, 0.2) is 47.6 Å². The van der Waals surface area contributed by atoms with E-state index in [1.54, 1.807) is 18.0 Å². The predicted octanol–water partition coefficient (Wildman–Crippen LogP) is 4.63. The molecule has 3 aromatic rings. The van der Waals surface area contributed by atoms with Gasteiger partial charge in [0.25, 0.3) is 0 Å². The summed E-state index contributed by atoms with van der Waals surface area (Å²) in [6.45, 7) is 1.94. The average molecular weight is 355 g/mol. The van der Waals surface area contributed by atoms with Crippen molar-refractivity contribution in [2.75, 3.05) is 12.8 Å². The second-order valence-electron chi connectivity index (χ2n) is 6.69. The lowest BCUT2D eigenvalue weighted by Crippen LogP contribution is -2.30. The molecule has 0 unspecified atom stereocenters. The highest BCUT2D eigenvalue weighted by atomic mass is 32.2. The van der Waals surface area contributed by atoms with Crippen LogP contribution in [0.2, 0.25) is 0 Å². The molecule has 1 saturated heterocycles. The molecule has 0 aliphatic carbocycles. The Kier molecular flexibility index (Phi) is 4.77. The number of rotatable bonds is 5. The molecule has 1 aromatic carbocycles. The van der Waals surface area contributed by atoms with Crippen LogP contribution in [-0.2, 0) is 13.0 Å². The van der Waals surface area contributed by atoms with Crippen LogP contribution in [0.4, 0.5) is 4.39 Å². The van der Waals surface area contributed by atoms with Crippen LogP contribution in [-0.4, -0.2) is 33.7 Å². The van der Waals surface area contributed by atoms with Crippen molar-refractivity contribution in [1.29, 1.82) is 0 Å². The molecule has 0 bridgehead atoms. The Bertz CT molecular complexity index is 859. The molecule has 3 nitrogen and oxygen atoms in total. The standard InChI is InChI=1S/C20H22FN3S/c1-25-17-5-6-19-18(10-17)15(12-22-19)9-16-3-2-8-24(16)13-14-4-7-20(21)23-11-14/h4-7,10-12,16,22H,2-3,8-9,13H2,1H3/t16-/m1/s1. The molecular weight excluding hydrogens is 333 g/mol. The molecule has 1 aliphatic rings. The molecule has 0 radical (unpaired) electrons. The topological polar surface area (TPSA) is 31.9 Å². The van der Waals surface area contributed by atoms with Crippen LogP contribution in [0.1, 0.15) is 24.0 Å². The van der Waals surface area contributed by atoms with Crippen LogP contribution in [0, 0.1) is 5.95 Å². The maximum absolute atomic E-state index is 13.0. The molecule has 2 aromatic heterocycles. The lowest BCUT2D eigenvalue weighted by atomic mass is 10.0. The van der Waals surface area contributed by atoms with Gasteiger partial charge in [-0.1, -0.05) is 6.07 Å². The van der Waals surface area contributed by atoms with Gasteiger partial charge in [0.05, 0.1) is 0 Å². The minimum Gasteiger partial charge on any atom is -0.361 e. The molecule has 0 amide bonds. The van der Waals surface area contributed by atoms with E-state index in [0.29, 0.717) is 6.04 Å². The lowest BCUT2D eigenvalue weighted by molar-refractivity contribution is 0.244. The maximum Gasteiger partial charge on any atom is 0.212 e. The van der Waals surface area contributed by atoms with E-state index < -0.39 is 5.95 Å². The van der Waals surface area contributed by atoms with Gasteiger partial charge in [-0.15, -0.1) is 11.8 Å². The van der Waals surface area contributed by atoms with Gasteiger partial charge in [0.15, 0.2) is 0 Å². The van der Waals surface area contributed by atoms with Crippen molar-refractivity contribution in [3.8, 4) is 0 Å². The summed E-state index contributed by atoms with van der Waals surface area (Å²) in [7, 11) is 0. The second-order valence-corrected chi connectivity index (χ2v) is 7.56. The molecule has 1 aliphatic heterocycles. The number of hydrogen-bond donors (Lipinski definition) is 1. The number of fused-ring (bicyclic) bond motifs is 1. The average Bonchev–Trinajstić information content (AvgIpc) is 3.24. The third kappa shape index (κ3) is 3.58. The molecule has 4 rings (SSSR count). The zero-order valence-electron chi connectivity index (χ0n) is 14.3. The van der Waals surface area contributed by atoms with Crippen LogP contribution in [0.5, 0.6) is 0 Å². The Morgan fingerprint density at radius 3 is 3.04 bits per heavy atom. The number of aromatic nitrogens is 2. The van der Waals surface area contributed by atoms with Gasteiger partial charge in [0.1, 0.15) is 0 Å². The van der Waals surface area contributed by atoms with Gasteiger partial charge < -0.3 is 4.98 Å². The number of likely N-dealkylation sites (tertiary alicyclic amines) is 1. The van der Waals surface area contributed by atoms with Gasteiger partial charge in [-0.25, -0.2) is 4.98 Å². The molecule has 3 heterocycles. The van der Waals surface area contributed by atoms with Gasteiger partial charge in [0.2, 0.25) is 5.95 Å². The second kappa shape index (κ2) is 7.18. The van der Waals surface area contributed by atoms with Gasteiger partial charge in [-0.3, -0.25) is 4.90 Å². The Balaban J connectivity index is 1.52. The van der Waals surface area contributed by atoms with Crippen molar-refractivity contribution < 1.29 is 4.39 Å². The highest BCUT2D eigenvalue weighted by molar-refractivity contribution is 7.98. The summed E-state index contributed by atoms with van der Waals surface area (Å²) in [6, 6.07) is 10.4. The SMILES string of the molecule is CSc1ccc2[nH]cc(C[C@H]3CCCN3Cc3ccc(F)nc3)c2c1. The maximum atomic E-state index is 13.0. The Labute approximate surface area is 151 Å². The van der Waals surface area contributed by atoms with Gasteiger partial charge in [-0.2, -0.15) is 4.39 Å².